The minimum absolute atomic E-state index is 0.0957. The molecular weight excluding hydrogens is 231 g/mol. The fraction of sp³-hybridized carbons (Fsp3) is 0.385. The molecule has 1 aromatic carbocycles. The van der Waals surface area contributed by atoms with Crippen molar-refractivity contribution < 1.29 is 4.39 Å². The third kappa shape index (κ3) is 2.73. The number of halogens is 1. The van der Waals surface area contributed by atoms with Crippen molar-refractivity contribution in [1.29, 1.82) is 0 Å². The van der Waals surface area contributed by atoms with Gasteiger partial charge >= 0.3 is 0 Å². The van der Waals surface area contributed by atoms with Gasteiger partial charge in [-0.05, 0) is 20.0 Å². The van der Waals surface area contributed by atoms with Crippen molar-refractivity contribution in [2.45, 2.75) is 19.4 Å². The van der Waals surface area contributed by atoms with Crippen LogP contribution >= 0.6 is 0 Å². The Morgan fingerprint density at radius 2 is 2.22 bits per heavy atom. The van der Waals surface area contributed by atoms with Crippen LogP contribution in [0.15, 0.2) is 24.4 Å². The zero-order chi connectivity index (χ0) is 13.1. The van der Waals surface area contributed by atoms with Crippen LogP contribution in [-0.2, 0) is 13.5 Å². The molecule has 0 aliphatic carbocycles. The first-order valence-corrected chi connectivity index (χ1v) is 5.88. The van der Waals surface area contributed by atoms with E-state index < -0.39 is 0 Å². The van der Waals surface area contributed by atoms with Gasteiger partial charge in [0.25, 0.3) is 0 Å². The van der Waals surface area contributed by atoms with Crippen LogP contribution in [0.5, 0.6) is 0 Å². The third-order valence-corrected chi connectivity index (χ3v) is 2.94. The van der Waals surface area contributed by atoms with Gasteiger partial charge in [-0.25, -0.2) is 4.39 Å². The Morgan fingerprint density at radius 1 is 1.44 bits per heavy atom. The van der Waals surface area contributed by atoms with Gasteiger partial charge in [0.1, 0.15) is 5.82 Å². The van der Waals surface area contributed by atoms with Crippen molar-refractivity contribution in [1.82, 2.24) is 20.3 Å². The van der Waals surface area contributed by atoms with Crippen LogP contribution in [0, 0.1) is 12.7 Å². The summed E-state index contributed by atoms with van der Waals surface area (Å²) < 4.78 is 15.5. The van der Waals surface area contributed by atoms with E-state index in [0.29, 0.717) is 12.0 Å². The SMILES string of the molecule is CNC(Cc1cn(C)nn1)c1cc(C)ccc1F. The van der Waals surface area contributed by atoms with E-state index in [1.54, 1.807) is 10.7 Å². The summed E-state index contributed by atoms with van der Waals surface area (Å²) in [6.07, 6.45) is 2.46. The number of nitrogens with zero attached hydrogens (tertiary/aromatic N) is 3. The molecule has 4 nitrogen and oxygen atoms in total. The molecule has 5 heteroatoms. The van der Waals surface area contributed by atoms with Gasteiger partial charge in [-0.2, -0.15) is 0 Å². The fourth-order valence-corrected chi connectivity index (χ4v) is 2.00. The topological polar surface area (TPSA) is 42.7 Å². The summed E-state index contributed by atoms with van der Waals surface area (Å²) in [7, 11) is 3.64. The molecular formula is C13H17FN4. The number of rotatable bonds is 4. The Bertz CT molecular complexity index is 536. The highest BCUT2D eigenvalue weighted by atomic mass is 19.1. The first-order chi connectivity index (χ1) is 8.60. The van der Waals surface area contributed by atoms with Gasteiger partial charge in [-0.15, -0.1) is 5.10 Å². The predicted molar refractivity (Wildman–Crippen MR) is 67.6 cm³/mol. The predicted octanol–water partition coefficient (Wildman–Crippen LogP) is 1.77. The molecule has 1 atom stereocenters. The maximum atomic E-state index is 13.8. The minimum Gasteiger partial charge on any atom is -0.313 e. The second kappa shape index (κ2) is 5.27. The van der Waals surface area contributed by atoms with Crippen molar-refractivity contribution in [3.63, 3.8) is 0 Å². The molecule has 0 aliphatic heterocycles. The average Bonchev–Trinajstić information content (AvgIpc) is 2.75. The Kier molecular flexibility index (Phi) is 3.72. The number of nitrogens with one attached hydrogen (secondary N) is 1. The molecule has 96 valence electrons. The lowest BCUT2D eigenvalue weighted by Crippen LogP contribution is -2.20. The summed E-state index contributed by atoms with van der Waals surface area (Å²) in [6.45, 7) is 1.96. The Morgan fingerprint density at radius 3 is 2.83 bits per heavy atom. The molecule has 0 spiro atoms. The van der Waals surface area contributed by atoms with E-state index in [0.717, 1.165) is 11.3 Å². The molecule has 18 heavy (non-hydrogen) atoms. The van der Waals surface area contributed by atoms with Crippen molar-refractivity contribution in [2.24, 2.45) is 7.05 Å². The number of likely N-dealkylation sites (N-methyl/N-ethyl adjacent to an activating group) is 1. The van der Waals surface area contributed by atoms with Crippen LogP contribution in [0.25, 0.3) is 0 Å². The molecule has 0 fully saturated rings. The molecule has 1 aromatic heterocycles. The molecule has 0 saturated carbocycles. The summed E-state index contributed by atoms with van der Waals surface area (Å²) in [5.41, 5.74) is 2.56. The van der Waals surface area contributed by atoms with Crippen molar-refractivity contribution in [3.8, 4) is 0 Å². The molecule has 2 rings (SSSR count). The summed E-state index contributed by atoms with van der Waals surface area (Å²) in [6, 6.07) is 5.05. The average molecular weight is 248 g/mol. The van der Waals surface area contributed by atoms with Gasteiger partial charge in [-0.1, -0.05) is 22.9 Å². The van der Waals surface area contributed by atoms with Gasteiger partial charge in [-0.3, -0.25) is 4.68 Å². The summed E-state index contributed by atoms with van der Waals surface area (Å²) >= 11 is 0. The van der Waals surface area contributed by atoms with E-state index in [9.17, 15) is 4.39 Å². The highest BCUT2D eigenvalue weighted by Gasteiger charge is 2.16. The van der Waals surface area contributed by atoms with E-state index in [4.69, 9.17) is 0 Å². The quantitative estimate of drug-likeness (QED) is 0.896. The van der Waals surface area contributed by atoms with E-state index in [2.05, 4.69) is 15.6 Å². The van der Waals surface area contributed by atoms with Crippen LogP contribution in [-0.4, -0.2) is 22.0 Å². The van der Waals surface area contributed by atoms with Crippen LogP contribution in [0.2, 0.25) is 0 Å². The maximum Gasteiger partial charge on any atom is 0.128 e. The van der Waals surface area contributed by atoms with Crippen LogP contribution < -0.4 is 5.32 Å². The smallest absolute Gasteiger partial charge is 0.128 e. The molecule has 2 aromatic rings. The largest absolute Gasteiger partial charge is 0.313 e. The maximum absolute atomic E-state index is 13.8. The van der Waals surface area contributed by atoms with E-state index in [1.165, 1.54) is 6.07 Å². The normalized spacial score (nSPS) is 12.7. The van der Waals surface area contributed by atoms with Gasteiger partial charge in [0.05, 0.1) is 5.69 Å². The molecule has 1 N–H and O–H groups in total. The molecule has 0 bridgehead atoms. The molecule has 0 amide bonds. The van der Waals surface area contributed by atoms with Crippen molar-refractivity contribution in [3.05, 3.63) is 47.0 Å². The number of hydrogen-bond acceptors (Lipinski definition) is 3. The highest BCUT2D eigenvalue weighted by molar-refractivity contribution is 5.27. The standard InChI is InChI=1S/C13H17FN4/c1-9-4-5-12(14)11(6-9)13(15-2)7-10-8-18(3)17-16-10/h4-6,8,13,15H,7H2,1-3H3. The summed E-state index contributed by atoms with van der Waals surface area (Å²) in [5, 5.41) is 11.0. The fourth-order valence-electron chi connectivity index (χ4n) is 2.00. The van der Waals surface area contributed by atoms with Crippen LogP contribution in [0.4, 0.5) is 4.39 Å². The van der Waals surface area contributed by atoms with Crippen LogP contribution in [0.1, 0.15) is 22.9 Å². The Labute approximate surface area is 106 Å². The lowest BCUT2D eigenvalue weighted by Gasteiger charge is -2.16. The van der Waals surface area contributed by atoms with Gasteiger partial charge in [0.15, 0.2) is 0 Å². The van der Waals surface area contributed by atoms with Gasteiger partial charge in [0, 0.05) is 31.3 Å². The molecule has 1 heterocycles. The molecule has 0 radical (unpaired) electrons. The summed E-state index contributed by atoms with van der Waals surface area (Å²) in [4.78, 5) is 0. The summed E-state index contributed by atoms with van der Waals surface area (Å²) in [5.74, 6) is -0.191. The zero-order valence-electron chi connectivity index (χ0n) is 10.8. The lowest BCUT2D eigenvalue weighted by molar-refractivity contribution is 0.529. The third-order valence-electron chi connectivity index (χ3n) is 2.94. The monoisotopic (exact) mass is 248 g/mol. The Hall–Kier alpha value is -1.75. The van der Waals surface area contributed by atoms with E-state index in [-0.39, 0.29) is 11.9 Å². The molecule has 0 saturated heterocycles. The second-order valence-electron chi connectivity index (χ2n) is 4.45. The van der Waals surface area contributed by atoms with Gasteiger partial charge < -0.3 is 5.32 Å². The van der Waals surface area contributed by atoms with Crippen molar-refractivity contribution in [2.75, 3.05) is 7.05 Å². The zero-order valence-corrected chi connectivity index (χ0v) is 10.8. The van der Waals surface area contributed by atoms with E-state index in [1.807, 2.05) is 33.3 Å². The first-order valence-electron chi connectivity index (χ1n) is 5.88. The van der Waals surface area contributed by atoms with Gasteiger partial charge in [0.2, 0.25) is 0 Å². The molecule has 1 unspecified atom stereocenters. The Balaban J connectivity index is 2.25. The number of hydrogen-bond donors (Lipinski definition) is 1. The number of benzene rings is 1. The minimum atomic E-state index is -0.191. The second-order valence-corrected chi connectivity index (χ2v) is 4.45. The first kappa shape index (κ1) is 12.7. The molecule has 0 aliphatic rings. The van der Waals surface area contributed by atoms with Crippen LogP contribution in [0.3, 0.4) is 0 Å². The highest BCUT2D eigenvalue weighted by Crippen LogP contribution is 2.21. The number of aryl methyl sites for hydroxylation is 2. The lowest BCUT2D eigenvalue weighted by atomic mass is 10.00. The van der Waals surface area contributed by atoms with Crippen molar-refractivity contribution >= 4 is 0 Å². The van der Waals surface area contributed by atoms with E-state index >= 15 is 0 Å². The number of aromatic nitrogens is 3.